The van der Waals surface area contributed by atoms with Crippen LogP contribution in [0.3, 0.4) is 0 Å². The van der Waals surface area contributed by atoms with Crippen molar-refractivity contribution in [2.75, 3.05) is 26.4 Å². The second-order valence-electron chi connectivity index (χ2n) is 22.9. The summed E-state index contributed by atoms with van der Waals surface area (Å²) in [4.78, 5) is 13.3. The number of amides is 1. The van der Waals surface area contributed by atoms with Crippen LogP contribution in [0.2, 0.25) is 0 Å². The van der Waals surface area contributed by atoms with Crippen LogP contribution in [-0.4, -0.2) is 193 Å². The van der Waals surface area contributed by atoms with E-state index in [1.807, 2.05) is 6.08 Å². The standard InChI is InChI=1S/C60H113NO18/c1-3-5-7-9-11-13-15-17-18-19-20-21-22-23-24-26-28-30-32-34-36-38-48(66)61-43(44(65)37-35-33-31-29-27-25-16-14-12-10-8-6-4-2)42-74-58-54(72)51(69)56(46(40-63)76-58)79-60-55(73)52(70)57(47(41-64)77-60)78-59-53(71)50(68)49(67)45(39-62)75-59/h35,37,43-47,49-60,62-65,67-73H,3-34,36,38-42H2,1-2H3,(H,61,66)/b37-35+/t43-,44+,45?,46?,47?,49-,50-,51+,52+,53?,54?,55?,56+,57-,58+,59-,60-/m0/s1. The van der Waals surface area contributed by atoms with E-state index in [4.69, 9.17) is 28.4 Å². The molecule has 0 aromatic rings. The quantitative estimate of drug-likeness (QED) is 0.0240. The van der Waals surface area contributed by atoms with Gasteiger partial charge in [0.2, 0.25) is 5.91 Å². The van der Waals surface area contributed by atoms with Crippen molar-refractivity contribution in [2.24, 2.45) is 0 Å². The Bertz CT molecular complexity index is 1500. The molecule has 3 rings (SSSR count). The summed E-state index contributed by atoms with van der Waals surface area (Å²) in [7, 11) is 0. The Morgan fingerprint density at radius 3 is 1.19 bits per heavy atom. The molecular formula is C60H113NO18. The highest BCUT2D eigenvalue weighted by molar-refractivity contribution is 5.76. The van der Waals surface area contributed by atoms with Crippen LogP contribution in [0.1, 0.15) is 232 Å². The van der Waals surface area contributed by atoms with Crippen molar-refractivity contribution in [3.63, 3.8) is 0 Å². The predicted octanol–water partition coefficient (Wildman–Crippen LogP) is 6.16. The van der Waals surface area contributed by atoms with Crippen LogP contribution in [-0.2, 0) is 33.2 Å². The molecule has 19 heteroatoms. The molecule has 0 bridgehead atoms. The van der Waals surface area contributed by atoms with Gasteiger partial charge in [0, 0.05) is 6.42 Å². The summed E-state index contributed by atoms with van der Waals surface area (Å²) in [5.41, 5.74) is 0. The number of allylic oxidation sites excluding steroid dienone is 1. The molecule has 6 unspecified atom stereocenters. The lowest BCUT2D eigenvalue weighted by Crippen LogP contribution is -2.66. The molecule has 3 aliphatic heterocycles. The van der Waals surface area contributed by atoms with Gasteiger partial charge in [-0.1, -0.05) is 219 Å². The van der Waals surface area contributed by atoms with Crippen LogP contribution >= 0.6 is 0 Å². The average molecular weight is 1140 g/mol. The molecule has 0 spiro atoms. The molecule has 0 saturated carbocycles. The van der Waals surface area contributed by atoms with Crippen LogP contribution < -0.4 is 5.32 Å². The first-order chi connectivity index (χ1) is 38.3. The van der Waals surface area contributed by atoms with Gasteiger partial charge in [-0.25, -0.2) is 0 Å². The molecule has 17 atom stereocenters. The van der Waals surface area contributed by atoms with E-state index in [-0.39, 0.29) is 18.9 Å². The number of carbonyl (C=O) groups excluding carboxylic acids is 1. The fourth-order valence-corrected chi connectivity index (χ4v) is 10.9. The van der Waals surface area contributed by atoms with Gasteiger partial charge in [0.15, 0.2) is 18.9 Å². The summed E-state index contributed by atoms with van der Waals surface area (Å²) in [5.74, 6) is -0.272. The van der Waals surface area contributed by atoms with Crippen LogP contribution in [0.15, 0.2) is 12.2 Å². The Balaban J connectivity index is 1.47. The maximum absolute atomic E-state index is 13.3. The lowest BCUT2D eigenvalue weighted by atomic mass is 9.96. The second-order valence-corrected chi connectivity index (χ2v) is 22.9. The van der Waals surface area contributed by atoms with E-state index in [1.165, 1.54) is 161 Å². The highest BCUT2D eigenvalue weighted by atomic mass is 16.8. The van der Waals surface area contributed by atoms with E-state index >= 15 is 0 Å². The molecule has 3 heterocycles. The first kappa shape index (κ1) is 71.8. The molecule has 0 aromatic heterocycles. The molecule has 0 aliphatic carbocycles. The number of aliphatic hydroxyl groups is 11. The number of nitrogens with one attached hydrogen (secondary N) is 1. The number of ether oxygens (including phenoxy) is 6. The van der Waals surface area contributed by atoms with Crippen molar-refractivity contribution in [1.29, 1.82) is 0 Å². The number of carbonyl (C=O) groups is 1. The van der Waals surface area contributed by atoms with Crippen molar-refractivity contribution < 1.29 is 89.4 Å². The van der Waals surface area contributed by atoms with Crippen LogP contribution in [0, 0.1) is 0 Å². The van der Waals surface area contributed by atoms with Crippen LogP contribution in [0.4, 0.5) is 0 Å². The predicted molar refractivity (Wildman–Crippen MR) is 300 cm³/mol. The number of unbranched alkanes of at least 4 members (excludes halogenated alkanes) is 31. The van der Waals surface area contributed by atoms with Gasteiger partial charge in [-0.05, 0) is 19.3 Å². The van der Waals surface area contributed by atoms with Gasteiger partial charge in [-0.15, -0.1) is 0 Å². The van der Waals surface area contributed by atoms with Gasteiger partial charge in [0.25, 0.3) is 0 Å². The monoisotopic (exact) mass is 1140 g/mol. The van der Waals surface area contributed by atoms with E-state index in [0.29, 0.717) is 6.42 Å². The number of rotatable bonds is 47. The topological polar surface area (TPSA) is 307 Å². The fraction of sp³-hybridized carbons (Fsp3) is 0.950. The van der Waals surface area contributed by atoms with E-state index in [1.54, 1.807) is 6.08 Å². The number of aliphatic hydroxyl groups excluding tert-OH is 11. The van der Waals surface area contributed by atoms with Crippen LogP contribution in [0.5, 0.6) is 0 Å². The second kappa shape index (κ2) is 44.1. The molecule has 3 fully saturated rings. The summed E-state index contributed by atoms with van der Waals surface area (Å²) < 4.78 is 34.3. The van der Waals surface area contributed by atoms with E-state index in [2.05, 4.69) is 19.2 Å². The molecule has 3 saturated heterocycles. The van der Waals surface area contributed by atoms with Gasteiger partial charge in [0.05, 0.1) is 38.6 Å². The number of hydrogen-bond acceptors (Lipinski definition) is 18. The highest BCUT2D eigenvalue weighted by Crippen LogP contribution is 2.33. The molecule has 466 valence electrons. The lowest BCUT2D eigenvalue weighted by Gasteiger charge is -2.48. The highest BCUT2D eigenvalue weighted by Gasteiger charge is 2.53. The smallest absolute Gasteiger partial charge is 0.220 e. The van der Waals surface area contributed by atoms with Crippen molar-refractivity contribution in [1.82, 2.24) is 5.32 Å². The Labute approximate surface area is 474 Å². The summed E-state index contributed by atoms with van der Waals surface area (Å²) in [6.07, 6.45) is 17.7. The summed E-state index contributed by atoms with van der Waals surface area (Å²) in [5, 5.41) is 120. The Kier molecular flexibility index (Phi) is 40.1. The molecule has 12 N–H and O–H groups in total. The minimum Gasteiger partial charge on any atom is -0.394 e. The Hall–Kier alpha value is -1.47. The van der Waals surface area contributed by atoms with Crippen molar-refractivity contribution in [2.45, 2.75) is 336 Å². The third-order valence-electron chi connectivity index (χ3n) is 16.1. The molecular weight excluding hydrogens is 1020 g/mol. The van der Waals surface area contributed by atoms with Crippen molar-refractivity contribution >= 4 is 5.91 Å². The Morgan fingerprint density at radius 1 is 0.443 bits per heavy atom. The van der Waals surface area contributed by atoms with Gasteiger partial charge in [0.1, 0.15) is 73.2 Å². The van der Waals surface area contributed by atoms with Crippen molar-refractivity contribution in [3.8, 4) is 0 Å². The van der Waals surface area contributed by atoms with Gasteiger partial charge in [-0.3, -0.25) is 4.79 Å². The largest absolute Gasteiger partial charge is 0.394 e. The summed E-state index contributed by atoms with van der Waals surface area (Å²) in [6, 6.07) is -0.966. The van der Waals surface area contributed by atoms with E-state index in [0.717, 1.165) is 44.9 Å². The molecule has 0 aromatic carbocycles. The van der Waals surface area contributed by atoms with Gasteiger partial charge in [-0.2, -0.15) is 0 Å². The zero-order valence-corrected chi connectivity index (χ0v) is 48.6. The minimum absolute atomic E-state index is 0.249. The summed E-state index contributed by atoms with van der Waals surface area (Å²) >= 11 is 0. The molecule has 1 amide bonds. The zero-order chi connectivity index (χ0) is 57.6. The normalized spacial score (nSPS) is 30.3. The van der Waals surface area contributed by atoms with Gasteiger partial charge >= 0.3 is 0 Å². The lowest BCUT2D eigenvalue weighted by molar-refractivity contribution is -0.379. The number of hydrogen-bond donors (Lipinski definition) is 12. The third-order valence-corrected chi connectivity index (χ3v) is 16.1. The van der Waals surface area contributed by atoms with Crippen molar-refractivity contribution in [3.05, 3.63) is 12.2 Å². The minimum atomic E-state index is -1.97. The maximum Gasteiger partial charge on any atom is 0.220 e. The average Bonchev–Trinajstić information content (AvgIpc) is 3.56. The Morgan fingerprint density at radius 2 is 0.785 bits per heavy atom. The first-order valence-corrected chi connectivity index (χ1v) is 31.4. The van der Waals surface area contributed by atoms with Gasteiger partial charge < -0.3 is 89.9 Å². The zero-order valence-electron chi connectivity index (χ0n) is 48.6. The SMILES string of the molecule is CCCCCCCCCCCCC/C=C/[C@@H](O)[C@H](CO[C@@H]1OC(CO)[C@@H](O[C@@H]2OC(CO)[C@H](O[C@@H]3OC(CO)[C@H](O)[C@H](O)C3O)[C@H](O)C2O)[C@H](O)C1O)NC(=O)CCCCCCCCCCCCCCCCCCCCCCC. The molecule has 0 radical (unpaired) electrons. The maximum atomic E-state index is 13.3. The fourth-order valence-electron chi connectivity index (χ4n) is 10.9. The molecule has 79 heavy (non-hydrogen) atoms. The first-order valence-electron chi connectivity index (χ1n) is 31.4. The molecule has 19 nitrogen and oxygen atoms in total. The third kappa shape index (κ3) is 27.9. The van der Waals surface area contributed by atoms with E-state index < -0.39 is 124 Å². The molecule has 3 aliphatic rings. The summed E-state index contributed by atoms with van der Waals surface area (Å²) in [6.45, 7) is 1.74. The van der Waals surface area contributed by atoms with Crippen LogP contribution in [0.25, 0.3) is 0 Å². The van der Waals surface area contributed by atoms with E-state index in [9.17, 15) is 61.0 Å².